The van der Waals surface area contributed by atoms with Crippen molar-refractivity contribution >= 4 is 0 Å². The molecule has 0 bridgehead atoms. The second-order valence-corrected chi connectivity index (χ2v) is 5.62. The highest BCUT2D eigenvalue weighted by atomic mass is 15.2. The largest absolute Gasteiger partial charge is 0.311 e. The van der Waals surface area contributed by atoms with Gasteiger partial charge in [0.15, 0.2) is 0 Å². The first-order chi connectivity index (χ1) is 6.95. The normalized spacial score (nSPS) is 25.9. The van der Waals surface area contributed by atoms with Crippen molar-refractivity contribution in [2.45, 2.75) is 46.2 Å². The van der Waals surface area contributed by atoms with Crippen LogP contribution in [0.5, 0.6) is 0 Å². The number of hydrogen-bond acceptors (Lipinski definition) is 2. The van der Waals surface area contributed by atoms with Gasteiger partial charge in [-0.1, -0.05) is 20.8 Å². The fraction of sp³-hybridized carbons (Fsp3) is 0.846. The average molecular weight is 208 g/mol. The lowest BCUT2D eigenvalue weighted by molar-refractivity contribution is 0.106. The zero-order valence-corrected chi connectivity index (χ0v) is 10.5. The van der Waals surface area contributed by atoms with Gasteiger partial charge >= 0.3 is 0 Å². The maximum Gasteiger partial charge on any atom is 0.0244 e. The Bertz CT molecular complexity index is 234. The minimum absolute atomic E-state index is 0.328. The number of nitrogens with zero attached hydrogens (tertiary/aromatic N) is 1. The Kier molecular flexibility index (Phi) is 4.19. The van der Waals surface area contributed by atoms with Crippen LogP contribution in [0.25, 0.3) is 0 Å². The molecule has 0 saturated carbocycles. The molecule has 1 aliphatic rings. The summed E-state index contributed by atoms with van der Waals surface area (Å²) in [6, 6.07) is 1.09. The summed E-state index contributed by atoms with van der Waals surface area (Å²) in [7, 11) is 0. The average Bonchev–Trinajstić information content (AvgIpc) is 2.17. The molecule has 1 rings (SSSR count). The highest BCUT2D eigenvalue weighted by Crippen LogP contribution is 2.22. The maximum atomic E-state index is 5.36. The smallest absolute Gasteiger partial charge is 0.0244 e. The lowest BCUT2D eigenvalue weighted by Gasteiger charge is -2.42. The van der Waals surface area contributed by atoms with E-state index in [1.54, 1.807) is 0 Å². The van der Waals surface area contributed by atoms with E-state index in [4.69, 9.17) is 6.42 Å². The molecular formula is C13H24N2. The summed E-state index contributed by atoms with van der Waals surface area (Å²) in [6.07, 6.45) is 6.22. The summed E-state index contributed by atoms with van der Waals surface area (Å²) < 4.78 is 0. The van der Waals surface area contributed by atoms with E-state index in [1.165, 1.54) is 0 Å². The maximum absolute atomic E-state index is 5.36. The van der Waals surface area contributed by atoms with Gasteiger partial charge in [0.25, 0.3) is 0 Å². The first kappa shape index (κ1) is 12.5. The third-order valence-corrected chi connectivity index (χ3v) is 3.29. The fourth-order valence-electron chi connectivity index (χ4n) is 2.05. The van der Waals surface area contributed by atoms with Gasteiger partial charge in [-0.25, -0.2) is 0 Å². The third kappa shape index (κ3) is 3.52. The van der Waals surface area contributed by atoms with Crippen molar-refractivity contribution < 1.29 is 0 Å². The van der Waals surface area contributed by atoms with E-state index in [0.717, 1.165) is 26.1 Å². The van der Waals surface area contributed by atoms with E-state index in [2.05, 4.69) is 43.8 Å². The van der Waals surface area contributed by atoms with Crippen LogP contribution in [0.2, 0.25) is 0 Å². The summed E-state index contributed by atoms with van der Waals surface area (Å²) in [6.45, 7) is 12.4. The van der Waals surface area contributed by atoms with Crippen molar-refractivity contribution in [1.82, 2.24) is 10.2 Å². The number of terminal acetylenes is 1. The molecule has 86 valence electrons. The lowest BCUT2D eigenvalue weighted by Crippen LogP contribution is -2.57. The van der Waals surface area contributed by atoms with E-state index in [9.17, 15) is 0 Å². The van der Waals surface area contributed by atoms with Gasteiger partial charge < -0.3 is 5.32 Å². The van der Waals surface area contributed by atoms with Gasteiger partial charge in [0, 0.05) is 38.1 Å². The minimum Gasteiger partial charge on any atom is -0.311 e. The summed E-state index contributed by atoms with van der Waals surface area (Å²) in [4.78, 5) is 2.51. The SMILES string of the molecule is C#CCC(C)N1CCNC(C(C)(C)C)C1. The predicted molar refractivity (Wildman–Crippen MR) is 65.7 cm³/mol. The molecule has 2 heteroatoms. The van der Waals surface area contributed by atoms with Crippen LogP contribution in [0.3, 0.4) is 0 Å². The molecule has 0 aromatic heterocycles. The van der Waals surface area contributed by atoms with Gasteiger partial charge in [0.2, 0.25) is 0 Å². The van der Waals surface area contributed by atoms with Crippen LogP contribution in [0.1, 0.15) is 34.1 Å². The molecule has 2 nitrogen and oxygen atoms in total. The highest BCUT2D eigenvalue weighted by molar-refractivity contribution is 4.93. The standard InChI is InChI=1S/C13H24N2/c1-6-7-11(2)15-9-8-14-12(10-15)13(3,4)5/h1,11-12,14H,7-10H2,2-5H3. The molecule has 1 fully saturated rings. The molecule has 0 aromatic rings. The molecule has 1 saturated heterocycles. The van der Waals surface area contributed by atoms with Crippen LogP contribution < -0.4 is 5.32 Å². The summed E-state index contributed by atoms with van der Waals surface area (Å²) in [5.74, 6) is 2.76. The van der Waals surface area contributed by atoms with E-state index in [1.807, 2.05) is 0 Å². The van der Waals surface area contributed by atoms with Crippen molar-refractivity contribution in [3.63, 3.8) is 0 Å². The van der Waals surface area contributed by atoms with E-state index >= 15 is 0 Å². The van der Waals surface area contributed by atoms with Crippen LogP contribution in [0, 0.1) is 17.8 Å². The van der Waals surface area contributed by atoms with Gasteiger partial charge in [0.1, 0.15) is 0 Å². The Morgan fingerprint density at radius 3 is 2.73 bits per heavy atom. The topological polar surface area (TPSA) is 15.3 Å². The first-order valence-corrected chi connectivity index (χ1v) is 5.86. The molecule has 15 heavy (non-hydrogen) atoms. The number of rotatable bonds is 2. The Morgan fingerprint density at radius 1 is 1.53 bits per heavy atom. The van der Waals surface area contributed by atoms with Gasteiger partial charge in [-0.3, -0.25) is 4.90 Å². The van der Waals surface area contributed by atoms with Crippen molar-refractivity contribution in [2.75, 3.05) is 19.6 Å². The van der Waals surface area contributed by atoms with Crippen molar-refractivity contribution in [1.29, 1.82) is 0 Å². The Morgan fingerprint density at radius 2 is 2.20 bits per heavy atom. The number of piperazine rings is 1. The van der Waals surface area contributed by atoms with Crippen LogP contribution >= 0.6 is 0 Å². The van der Waals surface area contributed by atoms with E-state index in [-0.39, 0.29) is 0 Å². The third-order valence-electron chi connectivity index (χ3n) is 3.29. The molecule has 1 aliphatic heterocycles. The molecule has 2 unspecified atom stereocenters. The summed E-state index contributed by atoms with van der Waals surface area (Å²) in [5.41, 5.74) is 0.328. The van der Waals surface area contributed by atoms with Crippen LogP contribution in [0.15, 0.2) is 0 Å². The molecule has 0 radical (unpaired) electrons. The van der Waals surface area contributed by atoms with Crippen LogP contribution in [0.4, 0.5) is 0 Å². The molecule has 2 atom stereocenters. The lowest BCUT2D eigenvalue weighted by atomic mass is 9.85. The van der Waals surface area contributed by atoms with Crippen LogP contribution in [-0.4, -0.2) is 36.6 Å². The monoisotopic (exact) mass is 208 g/mol. The van der Waals surface area contributed by atoms with Gasteiger partial charge in [0.05, 0.1) is 0 Å². The predicted octanol–water partition coefficient (Wildman–Crippen LogP) is 1.72. The van der Waals surface area contributed by atoms with Gasteiger partial charge in [-0.05, 0) is 12.3 Å². The second kappa shape index (κ2) is 5.01. The van der Waals surface area contributed by atoms with Crippen LogP contribution in [-0.2, 0) is 0 Å². The summed E-state index contributed by atoms with van der Waals surface area (Å²) >= 11 is 0. The van der Waals surface area contributed by atoms with Crippen molar-refractivity contribution in [3.8, 4) is 12.3 Å². The molecule has 0 spiro atoms. The van der Waals surface area contributed by atoms with Crippen molar-refractivity contribution in [3.05, 3.63) is 0 Å². The molecular weight excluding hydrogens is 184 g/mol. The Labute approximate surface area is 94.4 Å². The molecule has 0 amide bonds. The Hall–Kier alpha value is -0.520. The minimum atomic E-state index is 0.328. The number of nitrogens with one attached hydrogen (secondary N) is 1. The molecule has 0 aromatic carbocycles. The first-order valence-electron chi connectivity index (χ1n) is 5.86. The zero-order valence-electron chi connectivity index (χ0n) is 10.5. The highest BCUT2D eigenvalue weighted by Gasteiger charge is 2.30. The van der Waals surface area contributed by atoms with E-state index in [0.29, 0.717) is 17.5 Å². The molecule has 1 heterocycles. The zero-order chi connectivity index (χ0) is 11.5. The van der Waals surface area contributed by atoms with Gasteiger partial charge in [-0.2, -0.15) is 0 Å². The van der Waals surface area contributed by atoms with Gasteiger partial charge in [-0.15, -0.1) is 12.3 Å². The summed E-state index contributed by atoms with van der Waals surface area (Å²) in [5, 5.41) is 3.59. The molecule has 1 N–H and O–H groups in total. The number of hydrogen-bond donors (Lipinski definition) is 1. The fourth-order valence-corrected chi connectivity index (χ4v) is 2.05. The van der Waals surface area contributed by atoms with E-state index < -0.39 is 0 Å². The second-order valence-electron chi connectivity index (χ2n) is 5.62. The quantitative estimate of drug-likeness (QED) is 0.695. The molecule has 0 aliphatic carbocycles. The Balaban J connectivity index is 2.53. The van der Waals surface area contributed by atoms with Crippen molar-refractivity contribution in [2.24, 2.45) is 5.41 Å².